The van der Waals surface area contributed by atoms with Gasteiger partial charge in [-0.15, -0.1) is 12.4 Å². The molecule has 2 aliphatic rings. The van der Waals surface area contributed by atoms with Crippen LogP contribution in [0.4, 0.5) is 0 Å². The third kappa shape index (κ3) is 4.77. The molecule has 1 saturated heterocycles. The summed E-state index contributed by atoms with van der Waals surface area (Å²) < 4.78 is 0. The second-order valence-corrected chi connectivity index (χ2v) is 5.69. The summed E-state index contributed by atoms with van der Waals surface area (Å²) in [6.45, 7) is 3.36. The topological polar surface area (TPSA) is 41.1 Å². The average Bonchev–Trinajstić information content (AvgIpc) is 2.82. The number of rotatable bonds is 4. The van der Waals surface area contributed by atoms with Crippen molar-refractivity contribution in [2.45, 2.75) is 70.4 Å². The van der Waals surface area contributed by atoms with Gasteiger partial charge in [0.25, 0.3) is 0 Å². The second-order valence-electron chi connectivity index (χ2n) is 5.69. The molecule has 1 aliphatic carbocycles. The molecule has 0 aromatic heterocycles. The zero-order valence-corrected chi connectivity index (χ0v) is 12.2. The van der Waals surface area contributed by atoms with Gasteiger partial charge in [-0.05, 0) is 51.0 Å². The molecule has 0 bridgehead atoms. The molecule has 3 nitrogen and oxygen atoms in total. The Morgan fingerprint density at radius 2 is 1.94 bits per heavy atom. The zero-order chi connectivity index (χ0) is 12.1. The first kappa shape index (κ1) is 15.8. The predicted molar refractivity (Wildman–Crippen MR) is 77.1 cm³/mol. The van der Waals surface area contributed by atoms with Crippen molar-refractivity contribution in [2.75, 3.05) is 6.54 Å². The molecular formula is C14H27ClN2O. The SMILES string of the molecule is CCC1CCC(NC(=O)CC2CCCN2)CC1.Cl. The van der Waals surface area contributed by atoms with Crippen LogP contribution in [0.5, 0.6) is 0 Å². The molecular weight excluding hydrogens is 248 g/mol. The maximum atomic E-state index is 11.9. The number of carbonyl (C=O) groups is 1. The molecule has 1 amide bonds. The van der Waals surface area contributed by atoms with Gasteiger partial charge in [0, 0.05) is 18.5 Å². The van der Waals surface area contributed by atoms with Crippen molar-refractivity contribution in [3.63, 3.8) is 0 Å². The normalized spacial score (nSPS) is 31.7. The monoisotopic (exact) mass is 274 g/mol. The Kier molecular flexibility index (Phi) is 7.02. The van der Waals surface area contributed by atoms with Crippen molar-refractivity contribution >= 4 is 18.3 Å². The molecule has 0 aromatic carbocycles. The van der Waals surface area contributed by atoms with Crippen LogP contribution in [0.2, 0.25) is 0 Å². The number of amides is 1. The maximum absolute atomic E-state index is 11.9. The Balaban J connectivity index is 0.00000162. The predicted octanol–water partition coefficient (Wildman–Crippen LogP) is 2.64. The molecule has 106 valence electrons. The minimum absolute atomic E-state index is 0. The second kappa shape index (κ2) is 8.00. The minimum atomic E-state index is 0. The Morgan fingerprint density at radius 3 is 2.50 bits per heavy atom. The molecule has 2 fully saturated rings. The van der Waals surface area contributed by atoms with E-state index in [0.29, 0.717) is 18.5 Å². The Bertz CT molecular complexity index is 246. The van der Waals surface area contributed by atoms with Gasteiger partial charge in [-0.3, -0.25) is 4.79 Å². The van der Waals surface area contributed by atoms with Gasteiger partial charge in [0.1, 0.15) is 0 Å². The van der Waals surface area contributed by atoms with Crippen LogP contribution in [0.1, 0.15) is 58.3 Å². The Labute approximate surface area is 117 Å². The Morgan fingerprint density at radius 1 is 1.22 bits per heavy atom. The van der Waals surface area contributed by atoms with Gasteiger partial charge < -0.3 is 10.6 Å². The van der Waals surface area contributed by atoms with E-state index in [9.17, 15) is 4.79 Å². The largest absolute Gasteiger partial charge is 0.353 e. The first-order valence-corrected chi connectivity index (χ1v) is 7.30. The number of hydrogen-bond donors (Lipinski definition) is 2. The van der Waals surface area contributed by atoms with Crippen molar-refractivity contribution in [2.24, 2.45) is 5.92 Å². The lowest BCUT2D eigenvalue weighted by Crippen LogP contribution is -2.40. The molecule has 18 heavy (non-hydrogen) atoms. The van der Waals surface area contributed by atoms with E-state index >= 15 is 0 Å². The van der Waals surface area contributed by atoms with Gasteiger partial charge in [0.05, 0.1) is 0 Å². The van der Waals surface area contributed by atoms with Crippen molar-refractivity contribution in [3.8, 4) is 0 Å². The van der Waals surface area contributed by atoms with E-state index in [4.69, 9.17) is 0 Å². The smallest absolute Gasteiger partial charge is 0.221 e. The first-order valence-electron chi connectivity index (χ1n) is 7.30. The van der Waals surface area contributed by atoms with E-state index in [-0.39, 0.29) is 18.3 Å². The van der Waals surface area contributed by atoms with Crippen LogP contribution in [0.3, 0.4) is 0 Å². The number of hydrogen-bond acceptors (Lipinski definition) is 2. The highest BCUT2D eigenvalue weighted by Crippen LogP contribution is 2.26. The fourth-order valence-corrected chi connectivity index (χ4v) is 3.16. The van der Waals surface area contributed by atoms with Gasteiger partial charge >= 0.3 is 0 Å². The average molecular weight is 275 g/mol. The Hall–Kier alpha value is -0.280. The fourth-order valence-electron chi connectivity index (χ4n) is 3.16. The van der Waals surface area contributed by atoms with Gasteiger partial charge in [-0.2, -0.15) is 0 Å². The third-order valence-electron chi connectivity index (χ3n) is 4.38. The van der Waals surface area contributed by atoms with Crippen molar-refractivity contribution in [3.05, 3.63) is 0 Å². The lowest BCUT2D eigenvalue weighted by Gasteiger charge is -2.28. The van der Waals surface area contributed by atoms with E-state index in [1.54, 1.807) is 0 Å². The quantitative estimate of drug-likeness (QED) is 0.828. The summed E-state index contributed by atoms with van der Waals surface area (Å²) in [5, 5.41) is 6.59. The van der Waals surface area contributed by atoms with Crippen molar-refractivity contribution < 1.29 is 4.79 Å². The van der Waals surface area contributed by atoms with Crippen LogP contribution in [-0.2, 0) is 4.79 Å². The van der Waals surface area contributed by atoms with Crippen LogP contribution >= 0.6 is 12.4 Å². The van der Waals surface area contributed by atoms with Gasteiger partial charge in [-0.1, -0.05) is 13.3 Å². The fraction of sp³-hybridized carbons (Fsp3) is 0.929. The summed E-state index contributed by atoms with van der Waals surface area (Å²) >= 11 is 0. The van der Waals surface area contributed by atoms with E-state index in [1.807, 2.05) is 0 Å². The van der Waals surface area contributed by atoms with E-state index in [0.717, 1.165) is 18.9 Å². The van der Waals surface area contributed by atoms with Crippen LogP contribution in [0.25, 0.3) is 0 Å². The summed E-state index contributed by atoms with van der Waals surface area (Å²) in [4.78, 5) is 11.9. The number of nitrogens with one attached hydrogen (secondary N) is 2. The summed E-state index contributed by atoms with van der Waals surface area (Å²) in [5.41, 5.74) is 0. The van der Waals surface area contributed by atoms with Crippen molar-refractivity contribution in [1.82, 2.24) is 10.6 Å². The molecule has 1 atom stereocenters. The molecule has 4 heteroatoms. The molecule has 0 spiro atoms. The van der Waals surface area contributed by atoms with Gasteiger partial charge in [0.2, 0.25) is 5.91 Å². The molecule has 1 heterocycles. The highest BCUT2D eigenvalue weighted by atomic mass is 35.5. The van der Waals surface area contributed by atoms with E-state index in [2.05, 4.69) is 17.6 Å². The minimum Gasteiger partial charge on any atom is -0.353 e. The molecule has 1 unspecified atom stereocenters. The van der Waals surface area contributed by atoms with Crippen LogP contribution in [0, 0.1) is 5.92 Å². The summed E-state index contributed by atoms with van der Waals surface area (Å²) in [6, 6.07) is 0.883. The molecule has 1 saturated carbocycles. The highest BCUT2D eigenvalue weighted by Gasteiger charge is 2.23. The molecule has 0 aromatic rings. The van der Waals surface area contributed by atoms with Gasteiger partial charge in [-0.25, -0.2) is 0 Å². The van der Waals surface area contributed by atoms with Crippen LogP contribution in [0.15, 0.2) is 0 Å². The maximum Gasteiger partial charge on any atom is 0.221 e. The zero-order valence-electron chi connectivity index (χ0n) is 11.4. The molecule has 1 aliphatic heterocycles. The summed E-state index contributed by atoms with van der Waals surface area (Å²) in [5.74, 6) is 1.16. The molecule has 2 N–H and O–H groups in total. The third-order valence-corrected chi connectivity index (χ3v) is 4.38. The molecule has 2 rings (SSSR count). The highest BCUT2D eigenvalue weighted by molar-refractivity contribution is 5.85. The molecule has 0 radical (unpaired) electrons. The summed E-state index contributed by atoms with van der Waals surface area (Å²) in [7, 11) is 0. The number of halogens is 1. The summed E-state index contributed by atoms with van der Waals surface area (Å²) in [6.07, 6.45) is 9.31. The standard InChI is InChI=1S/C14H26N2O.ClH/c1-2-11-5-7-12(8-6-11)16-14(17)10-13-4-3-9-15-13;/h11-13,15H,2-10H2,1H3,(H,16,17);1H. The van der Waals surface area contributed by atoms with Crippen molar-refractivity contribution in [1.29, 1.82) is 0 Å². The van der Waals surface area contributed by atoms with Crippen LogP contribution < -0.4 is 10.6 Å². The van der Waals surface area contributed by atoms with E-state index in [1.165, 1.54) is 38.5 Å². The lowest BCUT2D eigenvalue weighted by atomic mass is 9.84. The van der Waals surface area contributed by atoms with Crippen LogP contribution in [-0.4, -0.2) is 24.5 Å². The first-order chi connectivity index (χ1) is 8.28. The van der Waals surface area contributed by atoms with E-state index < -0.39 is 0 Å². The lowest BCUT2D eigenvalue weighted by molar-refractivity contribution is -0.122. The van der Waals surface area contributed by atoms with Gasteiger partial charge in [0.15, 0.2) is 0 Å². The number of carbonyl (C=O) groups excluding carboxylic acids is 1.